The zero-order valence-electron chi connectivity index (χ0n) is 11.3. The van der Waals surface area contributed by atoms with Gasteiger partial charge in [0.1, 0.15) is 5.82 Å². The van der Waals surface area contributed by atoms with Crippen molar-refractivity contribution >= 4 is 0 Å². The van der Waals surface area contributed by atoms with Crippen molar-refractivity contribution < 1.29 is 4.39 Å². The van der Waals surface area contributed by atoms with Crippen molar-refractivity contribution in [3.63, 3.8) is 0 Å². The summed E-state index contributed by atoms with van der Waals surface area (Å²) in [6.07, 6.45) is 8.76. The number of nitrogens with one attached hydrogen (secondary N) is 1. The SMILES string of the molecule is CCC(NC1CCCCCC1)c1ccccc1F. The van der Waals surface area contributed by atoms with Crippen LogP contribution in [0.15, 0.2) is 24.3 Å². The third-order valence-corrected chi connectivity index (χ3v) is 3.98. The molecule has 0 saturated heterocycles. The second-order valence-corrected chi connectivity index (χ2v) is 5.34. The van der Waals surface area contributed by atoms with Gasteiger partial charge in [-0.3, -0.25) is 0 Å². The summed E-state index contributed by atoms with van der Waals surface area (Å²) >= 11 is 0. The molecular formula is C16H24FN. The van der Waals surface area contributed by atoms with Crippen LogP contribution < -0.4 is 5.32 Å². The van der Waals surface area contributed by atoms with Crippen LogP contribution in [0.4, 0.5) is 4.39 Å². The summed E-state index contributed by atoms with van der Waals surface area (Å²) in [7, 11) is 0. The zero-order chi connectivity index (χ0) is 12.8. The van der Waals surface area contributed by atoms with Crippen LogP contribution in [0.2, 0.25) is 0 Å². The Hall–Kier alpha value is -0.890. The fraction of sp³-hybridized carbons (Fsp3) is 0.625. The molecule has 1 fully saturated rings. The van der Waals surface area contributed by atoms with Gasteiger partial charge >= 0.3 is 0 Å². The largest absolute Gasteiger partial charge is 0.307 e. The van der Waals surface area contributed by atoms with Crippen LogP contribution in [0, 0.1) is 5.82 Å². The third-order valence-electron chi connectivity index (χ3n) is 3.98. The van der Waals surface area contributed by atoms with E-state index in [4.69, 9.17) is 0 Å². The van der Waals surface area contributed by atoms with Gasteiger partial charge in [0.05, 0.1) is 0 Å². The van der Waals surface area contributed by atoms with Gasteiger partial charge in [0.25, 0.3) is 0 Å². The molecule has 0 spiro atoms. The molecule has 2 rings (SSSR count). The first-order valence-electron chi connectivity index (χ1n) is 7.31. The summed E-state index contributed by atoms with van der Waals surface area (Å²) < 4.78 is 13.8. The minimum Gasteiger partial charge on any atom is -0.307 e. The molecule has 1 saturated carbocycles. The zero-order valence-corrected chi connectivity index (χ0v) is 11.3. The predicted octanol–water partition coefficient (Wildman–Crippen LogP) is 4.59. The lowest BCUT2D eigenvalue weighted by Crippen LogP contribution is -2.32. The van der Waals surface area contributed by atoms with Crippen LogP contribution in [-0.2, 0) is 0 Å². The minimum atomic E-state index is -0.0783. The average molecular weight is 249 g/mol. The Morgan fingerprint density at radius 3 is 2.44 bits per heavy atom. The predicted molar refractivity (Wildman–Crippen MR) is 74.1 cm³/mol. The second kappa shape index (κ2) is 6.89. The van der Waals surface area contributed by atoms with E-state index in [0.29, 0.717) is 6.04 Å². The van der Waals surface area contributed by atoms with Crippen LogP contribution >= 0.6 is 0 Å². The van der Waals surface area contributed by atoms with Crippen molar-refractivity contribution in [3.05, 3.63) is 35.6 Å². The molecule has 1 atom stereocenters. The Morgan fingerprint density at radius 2 is 1.83 bits per heavy atom. The quantitative estimate of drug-likeness (QED) is 0.770. The van der Waals surface area contributed by atoms with Crippen LogP contribution in [0.3, 0.4) is 0 Å². The Bertz CT molecular complexity index is 356. The first-order valence-corrected chi connectivity index (χ1v) is 7.31. The highest BCUT2D eigenvalue weighted by Crippen LogP contribution is 2.24. The van der Waals surface area contributed by atoms with Gasteiger partial charge in [-0.15, -0.1) is 0 Å². The van der Waals surface area contributed by atoms with Crippen LogP contribution in [0.25, 0.3) is 0 Å². The van der Waals surface area contributed by atoms with Crippen molar-refractivity contribution in [2.45, 2.75) is 64.0 Å². The smallest absolute Gasteiger partial charge is 0.127 e. The van der Waals surface area contributed by atoms with Gasteiger partial charge in [0, 0.05) is 17.6 Å². The Labute approximate surface area is 110 Å². The topological polar surface area (TPSA) is 12.0 Å². The van der Waals surface area contributed by atoms with Crippen LogP contribution in [-0.4, -0.2) is 6.04 Å². The Kier molecular flexibility index (Phi) is 5.18. The molecule has 1 nitrogen and oxygen atoms in total. The molecule has 1 aliphatic rings. The fourth-order valence-electron chi connectivity index (χ4n) is 2.92. The van der Waals surface area contributed by atoms with E-state index >= 15 is 0 Å². The third kappa shape index (κ3) is 3.55. The molecule has 0 heterocycles. The van der Waals surface area contributed by atoms with Gasteiger partial charge in [-0.1, -0.05) is 50.8 Å². The minimum absolute atomic E-state index is 0.0783. The summed E-state index contributed by atoms with van der Waals surface area (Å²) in [6.45, 7) is 2.13. The highest BCUT2D eigenvalue weighted by Gasteiger charge is 2.19. The average Bonchev–Trinajstić information content (AvgIpc) is 2.65. The Morgan fingerprint density at radius 1 is 1.17 bits per heavy atom. The van der Waals surface area contributed by atoms with Crippen molar-refractivity contribution in [1.29, 1.82) is 0 Å². The van der Waals surface area contributed by atoms with E-state index in [1.54, 1.807) is 12.1 Å². The summed E-state index contributed by atoms with van der Waals surface area (Å²) in [5.74, 6) is -0.0783. The maximum atomic E-state index is 13.8. The van der Waals surface area contributed by atoms with Crippen molar-refractivity contribution in [2.75, 3.05) is 0 Å². The highest BCUT2D eigenvalue weighted by molar-refractivity contribution is 5.21. The molecule has 100 valence electrons. The molecule has 1 aromatic carbocycles. The van der Waals surface area contributed by atoms with Crippen molar-refractivity contribution in [1.82, 2.24) is 5.32 Å². The molecule has 1 aliphatic carbocycles. The first kappa shape index (κ1) is 13.5. The number of rotatable bonds is 4. The number of hydrogen-bond donors (Lipinski definition) is 1. The molecule has 0 aromatic heterocycles. The summed E-state index contributed by atoms with van der Waals surface area (Å²) in [4.78, 5) is 0. The van der Waals surface area contributed by atoms with E-state index in [9.17, 15) is 4.39 Å². The lowest BCUT2D eigenvalue weighted by molar-refractivity contribution is 0.383. The second-order valence-electron chi connectivity index (χ2n) is 5.34. The lowest BCUT2D eigenvalue weighted by Gasteiger charge is -2.24. The molecule has 0 radical (unpaired) electrons. The van der Waals surface area contributed by atoms with E-state index in [1.165, 1.54) is 38.5 Å². The van der Waals surface area contributed by atoms with E-state index in [1.807, 2.05) is 12.1 Å². The van der Waals surface area contributed by atoms with Crippen molar-refractivity contribution in [2.24, 2.45) is 0 Å². The lowest BCUT2D eigenvalue weighted by atomic mass is 10.0. The van der Waals surface area contributed by atoms with Gasteiger partial charge in [-0.05, 0) is 25.3 Å². The summed E-state index contributed by atoms with van der Waals surface area (Å²) in [5, 5.41) is 3.66. The standard InChI is InChI=1S/C16H24FN/c1-2-16(14-11-7-8-12-15(14)17)18-13-9-5-3-4-6-10-13/h7-8,11-13,16,18H,2-6,9-10H2,1H3. The normalized spacial score (nSPS) is 19.4. The van der Waals surface area contributed by atoms with Crippen LogP contribution in [0.1, 0.15) is 63.5 Å². The molecule has 0 aliphatic heterocycles. The van der Waals surface area contributed by atoms with E-state index in [2.05, 4.69) is 12.2 Å². The highest BCUT2D eigenvalue weighted by atomic mass is 19.1. The summed E-state index contributed by atoms with van der Waals surface area (Å²) in [6, 6.07) is 7.89. The van der Waals surface area contributed by atoms with Gasteiger partial charge in [-0.25, -0.2) is 4.39 Å². The van der Waals surface area contributed by atoms with Crippen molar-refractivity contribution in [3.8, 4) is 0 Å². The molecule has 1 unspecified atom stereocenters. The van der Waals surface area contributed by atoms with Gasteiger partial charge in [-0.2, -0.15) is 0 Å². The van der Waals surface area contributed by atoms with E-state index in [-0.39, 0.29) is 11.9 Å². The summed E-state index contributed by atoms with van der Waals surface area (Å²) in [5.41, 5.74) is 0.823. The van der Waals surface area contributed by atoms with Gasteiger partial charge in [0.2, 0.25) is 0 Å². The molecule has 0 amide bonds. The first-order chi connectivity index (χ1) is 8.81. The monoisotopic (exact) mass is 249 g/mol. The molecule has 1 N–H and O–H groups in total. The van der Waals surface area contributed by atoms with Gasteiger partial charge in [0.15, 0.2) is 0 Å². The molecule has 1 aromatic rings. The molecular weight excluding hydrogens is 225 g/mol. The number of hydrogen-bond acceptors (Lipinski definition) is 1. The Balaban J connectivity index is 2.02. The maximum Gasteiger partial charge on any atom is 0.127 e. The number of halogens is 1. The van der Waals surface area contributed by atoms with Crippen LogP contribution in [0.5, 0.6) is 0 Å². The maximum absolute atomic E-state index is 13.8. The number of benzene rings is 1. The van der Waals surface area contributed by atoms with E-state index in [0.717, 1.165) is 12.0 Å². The fourth-order valence-corrected chi connectivity index (χ4v) is 2.92. The molecule has 0 bridgehead atoms. The van der Waals surface area contributed by atoms with E-state index < -0.39 is 0 Å². The van der Waals surface area contributed by atoms with Gasteiger partial charge < -0.3 is 5.32 Å². The molecule has 2 heteroatoms. The molecule has 18 heavy (non-hydrogen) atoms.